The Kier molecular flexibility index (Phi) is 10.6. The molecule has 3 saturated heterocycles. The van der Waals surface area contributed by atoms with Gasteiger partial charge < -0.3 is 25.0 Å². The molecule has 1 unspecified atom stereocenters. The van der Waals surface area contributed by atoms with Crippen LogP contribution in [0.1, 0.15) is 106 Å². The maximum absolute atomic E-state index is 13.8. The topological polar surface area (TPSA) is 85.4 Å². The van der Waals surface area contributed by atoms with Gasteiger partial charge in [0, 0.05) is 36.3 Å². The van der Waals surface area contributed by atoms with Crippen LogP contribution in [-0.4, -0.2) is 83.0 Å². The molecule has 4 heterocycles. The van der Waals surface area contributed by atoms with E-state index in [0.717, 1.165) is 86.5 Å². The van der Waals surface area contributed by atoms with E-state index in [1.54, 1.807) is 23.1 Å². The first-order chi connectivity index (χ1) is 27.8. The number of rotatable bonds is 9. The quantitative estimate of drug-likeness (QED) is 0.181. The van der Waals surface area contributed by atoms with Gasteiger partial charge in [0.05, 0.1) is 0 Å². The average Bonchev–Trinajstić information content (AvgIpc) is 3.56. The summed E-state index contributed by atoms with van der Waals surface area (Å²) in [5.41, 5.74) is 8.58. The van der Waals surface area contributed by atoms with E-state index in [1.165, 1.54) is 35.1 Å². The van der Waals surface area contributed by atoms with E-state index in [2.05, 4.69) is 58.1 Å². The third-order valence-corrected chi connectivity index (χ3v) is 13.5. The molecular weight excluding hydrogens is 716 g/mol. The van der Waals surface area contributed by atoms with Crippen LogP contribution >= 0.6 is 0 Å². The van der Waals surface area contributed by atoms with Crippen molar-refractivity contribution in [1.29, 1.82) is 0 Å². The molecule has 0 saturated carbocycles. The van der Waals surface area contributed by atoms with Crippen LogP contribution in [0.3, 0.4) is 0 Å². The molecule has 2 N–H and O–H groups in total. The number of piperidine rings is 3. The average molecular weight is 769 g/mol. The number of fused-ring (bicyclic) bond motifs is 2. The molecule has 3 fully saturated rings. The Labute approximate surface area is 335 Å². The van der Waals surface area contributed by atoms with Crippen LogP contribution in [0.2, 0.25) is 0 Å². The third-order valence-electron chi connectivity index (χ3n) is 13.5. The van der Waals surface area contributed by atoms with E-state index in [0.29, 0.717) is 43.7 Å². The highest BCUT2D eigenvalue weighted by Gasteiger charge is 2.39. The maximum atomic E-state index is 13.8. The largest absolute Gasteiger partial charge is 0.508 e. The van der Waals surface area contributed by atoms with Gasteiger partial charge in [0.25, 0.3) is 5.91 Å². The van der Waals surface area contributed by atoms with Gasteiger partial charge in [-0.3, -0.25) is 14.5 Å². The Morgan fingerprint density at radius 3 is 2.26 bits per heavy atom. The van der Waals surface area contributed by atoms with Gasteiger partial charge in [-0.1, -0.05) is 49.0 Å². The van der Waals surface area contributed by atoms with Gasteiger partial charge >= 0.3 is 0 Å². The molecule has 57 heavy (non-hydrogen) atoms. The van der Waals surface area contributed by atoms with Gasteiger partial charge in [-0.05, 0) is 165 Å². The van der Waals surface area contributed by atoms with E-state index < -0.39 is 6.04 Å². The summed E-state index contributed by atoms with van der Waals surface area (Å²) in [5, 5.41) is 13.0. The second kappa shape index (κ2) is 16.1. The standard InChI is InChI=1S/C48H53FN4O4/c1-31-2-17-45(47(55)50-31)53-30-37-28-35(7-15-44(37)48(53)56)32-18-24-52(25-19-32)39-20-22-51(23-21-39)26-27-57-41-12-5-34(6-13-41)46-42(33-3-9-38(49)10-4-33)14-8-36-29-40(54)11-16-43(36)46/h3-7,9-13,15-16,28-29,32,39,42,45-46,54H,1-2,8,14,17-27,30H2,(H,50,55)/t42-,45?,46+/m0/s1. The summed E-state index contributed by atoms with van der Waals surface area (Å²) < 4.78 is 20.1. The van der Waals surface area contributed by atoms with Gasteiger partial charge in [0.2, 0.25) is 5.91 Å². The van der Waals surface area contributed by atoms with Gasteiger partial charge in [0.1, 0.15) is 30.0 Å². The van der Waals surface area contributed by atoms with Crippen molar-refractivity contribution in [1.82, 2.24) is 20.0 Å². The number of phenolic OH excluding ortho intramolecular Hbond substituents is 1. The number of halogens is 1. The second-order valence-corrected chi connectivity index (χ2v) is 16.9. The number of nitrogens with zero attached hydrogens (tertiary/aromatic N) is 3. The number of ether oxygens (including phenoxy) is 1. The zero-order valence-corrected chi connectivity index (χ0v) is 32.7. The Hall–Kier alpha value is -4.99. The number of phenols is 1. The van der Waals surface area contributed by atoms with Gasteiger partial charge in [-0.25, -0.2) is 4.39 Å². The third kappa shape index (κ3) is 7.84. The minimum Gasteiger partial charge on any atom is -0.508 e. The van der Waals surface area contributed by atoms with E-state index in [-0.39, 0.29) is 29.5 Å². The molecule has 4 aliphatic heterocycles. The summed E-state index contributed by atoms with van der Waals surface area (Å²) in [6, 6.07) is 27.7. The van der Waals surface area contributed by atoms with E-state index in [1.807, 2.05) is 30.3 Å². The highest BCUT2D eigenvalue weighted by Crippen LogP contribution is 2.47. The highest BCUT2D eigenvalue weighted by atomic mass is 19.1. The molecule has 8 nitrogen and oxygen atoms in total. The van der Waals surface area contributed by atoms with Crippen LogP contribution in [0.5, 0.6) is 11.5 Å². The summed E-state index contributed by atoms with van der Waals surface area (Å²) in [7, 11) is 0. The van der Waals surface area contributed by atoms with Crippen LogP contribution in [0.25, 0.3) is 0 Å². The number of aryl methyl sites for hydroxylation is 1. The van der Waals surface area contributed by atoms with Crippen LogP contribution in [0.15, 0.2) is 97.2 Å². The number of allylic oxidation sites excluding steroid dienone is 1. The first-order valence-electron chi connectivity index (χ1n) is 21.0. The van der Waals surface area contributed by atoms with Gasteiger partial charge in [-0.15, -0.1) is 0 Å². The van der Waals surface area contributed by atoms with Crippen molar-refractivity contribution in [3.05, 3.63) is 142 Å². The maximum Gasteiger partial charge on any atom is 0.255 e. The fourth-order valence-electron chi connectivity index (χ4n) is 10.4. The molecule has 3 atom stereocenters. The lowest BCUT2D eigenvalue weighted by Gasteiger charge is -2.42. The number of aromatic hydroxyl groups is 1. The Morgan fingerprint density at radius 1 is 0.772 bits per heavy atom. The molecule has 0 spiro atoms. The minimum absolute atomic E-state index is 0.0329. The number of hydrogen-bond acceptors (Lipinski definition) is 6. The zero-order valence-electron chi connectivity index (χ0n) is 32.7. The monoisotopic (exact) mass is 768 g/mol. The van der Waals surface area contributed by atoms with Crippen LogP contribution in [0, 0.1) is 5.82 Å². The number of likely N-dealkylation sites (tertiary alicyclic amines) is 2. The number of carbonyl (C=O) groups is 2. The summed E-state index contributed by atoms with van der Waals surface area (Å²) in [6.07, 6.45) is 7.74. The molecule has 296 valence electrons. The molecule has 0 bridgehead atoms. The number of benzene rings is 4. The van der Waals surface area contributed by atoms with Crippen molar-refractivity contribution in [2.24, 2.45) is 0 Å². The molecule has 0 aromatic heterocycles. The molecule has 9 rings (SSSR count). The number of nitrogens with one attached hydrogen (secondary N) is 1. The highest BCUT2D eigenvalue weighted by molar-refractivity contribution is 6.01. The molecule has 5 aliphatic rings. The van der Waals surface area contributed by atoms with Crippen molar-refractivity contribution >= 4 is 11.8 Å². The lowest BCUT2D eigenvalue weighted by atomic mass is 9.69. The van der Waals surface area contributed by atoms with Crippen LogP contribution < -0.4 is 10.1 Å². The lowest BCUT2D eigenvalue weighted by molar-refractivity contribution is -0.126. The first-order valence-corrected chi connectivity index (χ1v) is 21.0. The minimum atomic E-state index is -0.423. The number of amides is 2. The van der Waals surface area contributed by atoms with Crippen LogP contribution in [-0.2, 0) is 17.8 Å². The zero-order chi connectivity index (χ0) is 39.0. The van der Waals surface area contributed by atoms with Gasteiger partial charge in [-0.2, -0.15) is 0 Å². The number of hydrogen-bond donors (Lipinski definition) is 2. The normalized spacial score (nSPS) is 23.6. The van der Waals surface area contributed by atoms with Crippen molar-refractivity contribution in [2.75, 3.05) is 39.3 Å². The van der Waals surface area contributed by atoms with Crippen molar-refractivity contribution < 1.29 is 23.8 Å². The first kappa shape index (κ1) is 37.6. The lowest BCUT2D eigenvalue weighted by Crippen LogP contribution is -2.49. The fourth-order valence-corrected chi connectivity index (χ4v) is 10.4. The van der Waals surface area contributed by atoms with Crippen LogP contribution in [0.4, 0.5) is 4.39 Å². The fraction of sp³-hybridized carbons (Fsp3) is 0.417. The Morgan fingerprint density at radius 2 is 1.51 bits per heavy atom. The second-order valence-electron chi connectivity index (χ2n) is 16.9. The van der Waals surface area contributed by atoms with Crippen molar-refractivity contribution in [3.8, 4) is 11.5 Å². The molecule has 4 aromatic rings. The SMILES string of the molecule is C=C1CCC(N2Cc3cc(C4CCN(C5CCN(CCOc6ccc([C@H]7c8ccc(O)cc8CC[C@H]7c7ccc(F)cc7)cc6)CC5)CC4)ccc3C2=O)C(=O)N1. The van der Waals surface area contributed by atoms with E-state index in [9.17, 15) is 19.1 Å². The molecular formula is C48H53FN4O4. The molecule has 1 aliphatic carbocycles. The Balaban J connectivity index is 0.737. The predicted molar refractivity (Wildman–Crippen MR) is 219 cm³/mol. The summed E-state index contributed by atoms with van der Waals surface area (Å²) >= 11 is 0. The molecule has 4 aromatic carbocycles. The molecule has 2 amide bonds. The number of carbonyl (C=O) groups excluding carboxylic acids is 2. The van der Waals surface area contributed by atoms with E-state index in [4.69, 9.17) is 4.74 Å². The molecule has 9 heteroatoms. The van der Waals surface area contributed by atoms with Crippen molar-refractivity contribution in [3.63, 3.8) is 0 Å². The summed E-state index contributed by atoms with van der Waals surface area (Å²) in [6.45, 7) is 10.3. The van der Waals surface area contributed by atoms with Gasteiger partial charge in [0.15, 0.2) is 0 Å². The molecule has 0 radical (unpaired) electrons. The smallest absolute Gasteiger partial charge is 0.255 e. The predicted octanol–water partition coefficient (Wildman–Crippen LogP) is 7.86. The van der Waals surface area contributed by atoms with E-state index >= 15 is 0 Å². The van der Waals surface area contributed by atoms with Crippen molar-refractivity contribution in [2.45, 2.75) is 87.7 Å². The summed E-state index contributed by atoms with van der Waals surface area (Å²) in [4.78, 5) is 32.8. The Bertz CT molecular complexity index is 2120. The summed E-state index contributed by atoms with van der Waals surface area (Å²) in [5.74, 6) is 1.61.